The molecule has 18 heavy (non-hydrogen) atoms. The fourth-order valence-electron chi connectivity index (χ4n) is 2.42. The van der Waals surface area contributed by atoms with Crippen molar-refractivity contribution in [2.45, 2.75) is 44.8 Å². The summed E-state index contributed by atoms with van der Waals surface area (Å²) in [5, 5.41) is 0. The molecule has 0 radical (unpaired) electrons. The highest BCUT2D eigenvalue weighted by molar-refractivity contribution is 5.31. The number of rotatable bonds is 4. The van der Waals surface area contributed by atoms with Gasteiger partial charge in [-0.2, -0.15) is 0 Å². The Bertz CT molecular complexity index is 377. The van der Waals surface area contributed by atoms with Crippen LogP contribution in [-0.2, 0) is 10.3 Å². The highest BCUT2D eigenvalue weighted by Crippen LogP contribution is 2.34. The topological polar surface area (TPSA) is 44.5 Å². The fourth-order valence-corrected chi connectivity index (χ4v) is 2.42. The van der Waals surface area contributed by atoms with E-state index in [4.69, 9.17) is 15.2 Å². The summed E-state index contributed by atoms with van der Waals surface area (Å²) in [5.41, 5.74) is 6.97. The first-order valence-corrected chi connectivity index (χ1v) is 6.77. The van der Waals surface area contributed by atoms with Gasteiger partial charge in [-0.25, -0.2) is 0 Å². The molecule has 0 spiro atoms. The predicted molar refractivity (Wildman–Crippen MR) is 72.7 cm³/mol. The monoisotopic (exact) mass is 249 g/mol. The van der Waals surface area contributed by atoms with Gasteiger partial charge >= 0.3 is 0 Å². The van der Waals surface area contributed by atoms with Crippen molar-refractivity contribution < 1.29 is 9.47 Å². The van der Waals surface area contributed by atoms with E-state index in [1.165, 1.54) is 5.56 Å². The Hall–Kier alpha value is -1.06. The lowest BCUT2D eigenvalue weighted by Crippen LogP contribution is -2.40. The molecule has 0 bridgehead atoms. The average Bonchev–Trinajstić information content (AvgIpc) is 2.36. The molecule has 2 atom stereocenters. The van der Waals surface area contributed by atoms with E-state index in [1.807, 2.05) is 12.1 Å². The van der Waals surface area contributed by atoms with Gasteiger partial charge in [0, 0.05) is 12.6 Å². The second kappa shape index (κ2) is 5.72. The third kappa shape index (κ3) is 3.03. The summed E-state index contributed by atoms with van der Waals surface area (Å²) < 4.78 is 11.5. The molecule has 100 valence electrons. The van der Waals surface area contributed by atoms with Crippen molar-refractivity contribution in [1.82, 2.24) is 0 Å². The smallest absolute Gasteiger partial charge is 0.119 e. The fraction of sp³-hybridized carbons (Fsp3) is 0.600. The van der Waals surface area contributed by atoms with E-state index >= 15 is 0 Å². The minimum atomic E-state index is -0.249. The maximum absolute atomic E-state index is 6.04. The third-order valence-corrected chi connectivity index (χ3v) is 3.50. The van der Waals surface area contributed by atoms with E-state index in [-0.39, 0.29) is 11.6 Å². The highest BCUT2D eigenvalue weighted by Gasteiger charge is 2.33. The molecule has 2 N–H and O–H groups in total. The van der Waals surface area contributed by atoms with E-state index in [9.17, 15) is 0 Å². The molecule has 1 aliphatic heterocycles. The van der Waals surface area contributed by atoms with Gasteiger partial charge in [0.25, 0.3) is 0 Å². The van der Waals surface area contributed by atoms with Gasteiger partial charge in [-0.3, -0.25) is 0 Å². The first kappa shape index (κ1) is 13.4. The van der Waals surface area contributed by atoms with Gasteiger partial charge < -0.3 is 15.2 Å². The van der Waals surface area contributed by atoms with Crippen LogP contribution in [0.1, 0.15) is 38.7 Å². The van der Waals surface area contributed by atoms with E-state index < -0.39 is 0 Å². The molecule has 3 heteroatoms. The molecule has 0 aromatic heterocycles. The van der Waals surface area contributed by atoms with Crippen LogP contribution in [0.3, 0.4) is 0 Å². The normalized spacial score (nSPS) is 28.1. The number of ether oxygens (including phenoxy) is 2. The highest BCUT2D eigenvalue weighted by atomic mass is 16.5. The first-order chi connectivity index (χ1) is 8.64. The summed E-state index contributed by atoms with van der Waals surface area (Å²) in [6.07, 6.45) is 2.85. The SMILES string of the molecule is CCCOc1ccc(C2(C)CC(N)CCO2)cc1. The van der Waals surface area contributed by atoms with E-state index in [1.54, 1.807) is 0 Å². The van der Waals surface area contributed by atoms with Gasteiger partial charge in [0.1, 0.15) is 5.75 Å². The van der Waals surface area contributed by atoms with Crippen molar-refractivity contribution in [1.29, 1.82) is 0 Å². The lowest BCUT2D eigenvalue weighted by atomic mass is 9.86. The second-order valence-electron chi connectivity index (χ2n) is 5.21. The molecule has 0 saturated carbocycles. The third-order valence-electron chi connectivity index (χ3n) is 3.50. The van der Waals surface area contributed by atoms with Crippen LogP contribution in [0, 0.1) is 0 Å². The Morgan fingerprint density at radius 3 is 2.72 bits per heavy atom. The van der Waals surface area contributed by atoms with Crippen molar-refractivity contribution in [3.8, 4) is 5.75 Å². The molecule has 2 rings (SSSR count). The largest absolute Gasteiger partial charge is 0.494 e. The standard InChI is InChI=1S/C15H23NO2/c1-3-9-17-14-6-4-12(5-7-14)15(2)11-13(16)8-10-18-15/h4-7,13H,3,8-11,16H2,1-2H3. The Kier molecular flexibility index (Phi) is 4.25. The van der Waals surface area contributed by atoms with Crippen molar-refractivity contribution in [3.05, 3.63) is 29.8 Å². The minimum absolute atomic E-state index is 0.236. The second-order valence-corrected chi connectivity index (χ2v) is 5.21. The van der Waals surface area contributed by atoms with Gasteiger partial charge in [-0.1, -0.05) is 19.1 Å². The average molecular weight is 249 g/mol. The minimum Gasteiger partial charge on any atom is -0.494 e. The van der Waals surface area contributed by atoms with Crippen LogP contribution in [0.25, 0.3) is 0 Å². The maximum Gasteiger partial charge on any atom is 0.119 e. The van der Waals surface area contributed by atoms with Crippen LogP contribution in [0.15, 0.2) is 24.3 Å². The molecule has 1 aliphatic rings. The zero-order valence-electron chi connectivity index (χ0n) is 11.3. The quantitative estimate of drug-likeness (QED) is 0.892. The Labute approximate surface area is 109 Å². The van der Waals surface area contributed by atoms with Crippen LogP contribution < -0.4 is 10.5 Å². The van der Waals surface area contributed by atoms with Gasteiger partial charge in [0.2, 0.25) is 0 Å². The summed E-state index contributed by atoms with van der Waals surface area (Å²) in [6.45, 7) is 5.73. The Morgan fingerprint density at radius 1 is 1.39 bits per heavy atom. The molecule has 1 aromatic rings. The number of hydrogen-bond donors (Lipinski definition) is 1. The summed E-state index contributed by atoms with van der Waals surface area (Å²) in [6, 6.07) is 8.44. The van der Waals surface area contributed by atoms with Gasteiger partial charge in [0.05, 0.1) is 12.2 Å². The van der Waals surface area contributed by atoms with Crippen LogP contribution in [-0.4, -0.2) is 19.3 Å². The molecular formula is C15H23NO2. The molecule has 1 fully saturated rings. The molecule has 3 nitrogen and oxygen atoms in total. The van der Waals surface area contributed by atoms with Crippen molar-refractivity contribution >= 4 is 0 Å². The summed E-state index contributed by atoms with van der Waals surface area (Å²) in [5.74, 6) is 0.921. The van der Waals surface area contributed by atoms with Crippen LogP contribution in [0.5, 0.6) is 5.75 Å². The molecule has 1 heterocycles. The zero-order chi connectivity index (χ0) is 13.0. The lowest BCUT2D eigenvalue weighted by molar-refractivity contribution is -0.0766. The Morgan fingerprint density at radius 2 is 2.11 bits per heavy atom. The molecule has 0 amide bonds. The summed E-state index contributed by atoms with van der Waals surface area (Å²) in [7, 11) is 0. The molecule has 1 saturated heterocycles. The molecule has 1 aromatic carbocycles. The van der Waals surface area contributed by atoms with Crippen LogP contribution in [0.4, 0.5) is 0 Å². The van der Waals surface area contributed by atoms with E-state index in [0.717, 1.165) is 38.2 Å². The Balaban J connectivity index is 2.08. The zero-order valence-corrected chi connectivity index (χ0v) is 11.3. The van der Waals surface area contributed by atoms with Gasteiger partial charge in [-0.05, 0) is 43.9 Å². The maximum atomic E-state index is 6.04. The van der Waals surface area contributed by atoms with E-state index in [2.05, 4.69) is 26.0 Å². The van der Waals surface area contributed by atoms with Crippen molar-refractivity contribution in [2.24, 2.45) is 5.73 Å². The van der Waals surface area contributed by atoms with Crippen molar-refractivity contribution in [3.63, 3.8) is 0 Å². The predicted octanol–water partition coefficient (Wildman–Crippen LogP) is 2.83. The summed E-state index contributed by atoms with van der Waals surface area (Å²) >= 11 is 0. The number of benzene rings is 1. The number of hydrogen-bond acceptors (Lipinski definition) is 3. The lowest BCUT2D eigenvalue weighted by Gasteiger charge is -2.37. The summed E-state index contributed by atoms with van der Waals surface area (Å²) in [4.78, 5) is 0. The number of nitrogens with two attached hydrogens (primary N) is 1. The van der Waals surface area contributed by atoms with Crippen molar-refractivity contribution in [2.75, 3.05) is 13.2 Å². The molecule has 0 aliphatic carbocycles. The van der Waals surface area contributed by atoms with E-state index in [0.29, 0.717) is 0 Å². The molecular weight excluding hydrogens is 226 g/mol. The van der Waals surface area contributed by atoms with Gasteiger partial charge in [0.15, 0.2) is 0 Å². The van der Waals surface area contributed by atoms with Gasteiger partial charge in [-0.15, -0.1) is 0 Å². The van der Waals surface area contributed by atoms with Crippen LogP contribution >= 0.6 is 0 Å². The first-order valence-electron chi connectivity index (χ1n) is 6.77. The van der Waals surface area contributed by atoms with Crippen LogP contribution in [0.2, 0.25) is 0 Å². The molecule has 2 unspecified atom stereocenters.